The molecule has 3 nitrogen and oxygen atoms in total. The maximum atomic E-state index is 5.08. The van der Waals surface area contributed by atoms with Crippen LogP contribution >= 0.6 is 22.6 Å². The molecule has 112 valence electrons. The van der Waals surface area contributed by atoms with Crippen molar-refractivity contribution in [1.82, 2.24) is 5.32 Å². The summed E-state index contributed by atoms with van der Waals surface area (Å²) >= 11 is 2.36. The van der Waals surface area contributed by atoms with Crippen LogP contribution in [0.3, 0.4) is 0 Å². The molecule has 3 rings (SSSR count). The minimum atomic E-state index is 0.437. The van der Waals surface area contributed by atoms with Crippen LogP contribution in [0.2, 0.25) is 0 Å². The van der Waals surface area contributed by atoms with Crippen LogP contribution in [0.25, 0.3) is 5.57 Å². The standard InChI is InChI=1S/C17H21IN2O/c1-3-15(20-21-2)17-14(10-13-8-9-16(17)19-13)11-4-6-12(18)7-5-11/h4-7,13,16,19H,3,8-10H2,1-2H3/t13?,16-/m1/s1. The molecule has 0 amide bonds. The highest BCUT2D eigenvalue weighted by Gasteiger charge is 2.36. The van der Waals surface area contributed by atoms with Crippen LogP contribution < -0.4 is 5.32 Å². The summed E-state index contributed by atoms with van der Waals surface area (Å²) in [5.74, 6) is 0. The smallest absolute Gasteiger partial charge is 0.106 e. The van der Waals surface area contributed by atoms with Gasteiger partial charge in [-0.3, -0.25) is 0 Å². The average Bonchev–Trinajstić information content (AvgIpc) is 2.88. The molecule has 2 aliphatic rings. The fourth-order valence-electron chi connectivity index (χ4n) is 3.49. The van der Waals surface area contributed by atoms with Gasteiger partial charge in [0.25, 0.3) is 0 Å². The second-order valence-electron chi connectivity index (χ2n) is 5.67. The lowest BCUT2D eigenvalue weighted by Crippen LogP contribution is -2.38. The molecule has 2 atom stereocenters. The van der Waals surface area contributed by atoms with Gasteiger partial charge in [-0.25, -0.2) is 0 Å². The average molecular weight is 396 g/mol. The molecule has 1 saturated heterocycles. The molecule has 21 heavy (non-hydrogen) atoms. The quantitative estimate of drug-likeness (QED) is 0.475. The van der Waals surface area contributed by atoms with Crippen molar-refractivity contribution in [3.8, 4) is 0 Å². The van der Waals surface area contributed by atoms with E-state index in [1.54, 1.807) is 7.11 Å². The van der Waals surface area contributed by atoms with E-state index in [1.807, 2.05) is 0 Å². The molecule has 2 heterocycles. The fourth-order valence-corrected chi connectivity index (χ4v) is 3.85. The van der Waals surface area contributed by atoms with Crippen LogP contribution in [0.5, 0.6) is 0 Å². The van der Waals surface area contributed by atoms with Crippen molar-refractivity contribution in [2.75, 3.05) is 7.11 Å². The zero-order valence-corrected chi connectivity index (χ0v) is 14.7. The minimum Gasteiger partial charge on any atom is -0.399 e. The lowest BCUT2D eigenvalue weighted by atomic mass is 9.86. The topological polar surface area (TPSA) is 33.6 Å². The summed E-state index contributed by atoms with van der Waals surface area (Å²) in [6.45, 7) is 2.15. The summed E-state index contributed by atoms with van der Waals surface area (Å²) < 4.78 is 1.27. The maximum Gasteiger partial charge on any atom is 0.106 e. The number of hydrogen-bond donors (Lipinski definition) is 1. The van der Waals surface area contributed by atoms with E-state index in [-0.39, 0.29) is 0 Å². The number of nitrogens with zero attached hydrogens (tertiary/aromatic N) is 1. The van der Waals surface area contributed by atoms with Gasteiger partial charge in [-0.15, -0.1) is 0 Å². The lowest BCUT2D eigenvalue weighted by Gasteiger charge is -2.28. The van der Waals surface area contributed by atoms with E-state index in [0.29, 0.717) is 12.1 Å². The van der Waals surface area contributed by atoms with Gasteiger partial charge in [0.2, 0.25) is 0 Å². The van der Waals surface area contributed by atoms with Gasteiger partial charge in [-0.05, 0) is 77.1 Å². The molecule has 1 unspecified atom stereocenters. The van der Waals surface area contributed by atoms with Crippen LogP contribution in [0.1, 0.15) is 38.2 Å². The molecule has 0 saturated carbocycles. The Hall–Kier alpha value is -0.880. The Bertz CT molecular complexity index is 577. The maximum absolute atomic E-state index is 5.08. The van der Waals surface area contributed by atoms with Crippen molar-refractivity contribution in [3.63, 3.8) is 0 Å². The van der Waals surface area contributed by atoms with E-state index in [9.17, 15) is 0 Å². The van der Waals surface area contributed by atoms with E-state index < -0.39 is 0 Å². The van der Waals surface area contributed by atoms with Gasteiger partial charge in [0.1, 0.15) is 7.11 Å². The molecule has 1 aromatic rings. The van der Waals surface area contributed by atoms with Crippen LogP contribution in [-0.2, 0) is 4.84 Å². The molecule has 1 fully saturated rings. The van der Waals surface area contributed by atoms with Crippen LogP contribution in [0.15, 0.2) is 35.0 Å². The summed E-state index contributed by atoms with van der Waals surface area (Å²) in [6.07, 6.45) is 4.46. The van der Waals surface area contributed by atoms with Crippen molar-refractivity contribution < 1.29 is 4.84 Å². The second kappa shape index (κ2) is 6.48. The first-order chi connectivity index (χ1) is 10.2. The third-order valence-electron chi connectivity index (χ3n) is 4.40. The number of rotatable bonds is 4. The van der Waals surface area contributed by atoms with Crippen LogP contribution in [0, 0.1) is 3.57 Å². The third-order valence-corrected chi connectivity index (χ3v) is 5.12. The Morgan fingerprint density at radius 3 is 2.76 bits per heavy atom. The van der Waals surface area contributed by atoms with E-state index in [2.05, 4.69) is 64.3 Å². The molecule has 2 aliphatic heterocycles. The molecule has 0 spiro atoms. The second-order valence-corrected chi connectivity index (χ2v) is 6.92. The first kappa shape index (κ1) is 15.0. The van der Waals surface area contributed by atoms with E-state index >= 15 is 0 Å². The van der Waals surface area contributed by atoms with Gasteiger partial charge in [0.15, 0.2) is 0 Å². The van der Waals surface area contributed by atoms with E-state index in [4.69, 9.17) is 4.84 Å². The van der Waals surface area contributed by atoms with Crippen molar-refractivity contribution >= 4 is 33.9 Å². The molecule has 0 aliphatic carbocycles. The Morgan fingerprint density at radius 2 is 2.10 bits per heavy atom. The molecule has 1 N–H and O–H groups in total. The molecule has 0 radical (unpaired) electrons. The Balaban J connectivity index is 2.09. The largest absolute Gasteiger partial charge is 0.399 e. The third kappa shape index (κ3) is 3.01. The van der Waals surface area contributed by atoms with Crippen molar-refractivity contribution in [2.24, 2.45) is 5.16 Å². The summed E-state index contributed by atoms with van der Waals surface area (Å²) in [5.41, 5.74) is 5.24. The van der Waals surface area contributed by atoms with Gasteiger partial charge in [-0.2, -0.15) is 0 Å². The van der Waals surface area contributed by atoms with Gasteiger partial charge >= 0.3 is 0 Å². The summed E-state index contributed by atoms with van der Waals surface area (Å²) in [7, 11) is 1.63. The number of oxime groups is 1. The molecule has 2 bridgehead atoms. The highest BCUT2D eigenvalue weighted by atomic mass is 127. The zero-order chi connectivity index (χ0) is 14.8. The van der Waals surface area contributed by atoms with Crippen molar-refractivity contribution in [2.45, 2.75) is 44.7 Å². The normalized spacial score (nSPS) is 25.4. The first-order valence-electron chi connectivity index (χ1n) is 7.58. The monoisotopic (exact) mass is 396 g/mol. The molecule has 1 aromatic carbocycles. The van der Waals surface area contributed by atoms with Crippen molar-refractivity contribution in [1.29, 1.82) is 0 Å². The lowest BCUT2D eigenvalue weighted by molar-refractivity contribution is 0.212. The van der Waals surface area contributed by atoms with Gasteiger partial charge in [0, 0.05) is 15.7 Å². The molecular formula is C17H21IN2O. The summed E-state index contributed by atoms with van der Waals surface area (Å²) in [4.78, 5) is 5.08. The Morgan fingerprint density at radius 1 is 1.33 bits per heavy atom. The number of halogens is 1. The van der Waals surface area contributed by atoms with E-state index in [0.717, 1.165) is 18.6 Å². The number of hydrogen-bond acceptors (Lipinski definition) is 3. The number of fused-ring (bicyclic) bond motifs is 2. The van der Waals surface area contributed by atoms with Crippen molar-refractivity contribution in [3.05, 3.63) is 39.0 Å². The molecule has 4 heteroatoms. The van der Waals surface area contributed by atoms with Crippen LogP contribution in [0.4, 0.5) is 0 Å². The summed E-state index contributed by atoms with van der Waals surface area (Å²) in [6, 6.07) is 9.90. The van der Waals surface area contributed by atoms with Gasteiger partial charge < -0.3 is 10.2 Å². The highest BCUT2D eigenvalue weighted by molar-refractivity contribution is 14.1. The Kier molecular flexibility index (Phi) is 4.64. The highest BCUT2D eigenvalue weighted by Crippen LogP contribution is 2.38. The van der Waals surface area contributed by atoms with Gasteiger partial charge in [-0.1, -0.05) is 24.2 Å². The van der Waals surface area contributed by atoms with Crippen LogP contribution in [-0.4, -0.2) is 24.9 Å². The van der Waals surface area contributed by atoms with E-state index in [1.165, 1.54) is 33.1 Å². The number of nitrogens with one attached hydrogen (secondary N) is 1. The number of benzene rings is 1. The molecular weight excluding hydrogens is 375 g/mol. The minimum absolute atomic E-state index is 0.437. The first-order valence-corrected chi connectivity index (χ1v) is 8.66. The van der Waals surface area contributed by atoms with Gasteiger partial charge in [0.05, 0.1) is 5.71 Å². The fraction of sp³-hybridized carbons (Fsp3) is 0.471. The predicted octanol–water partition coefficient (Wildman–Crippen LogP) is 3.98. The zero-order valence-electron chi connectivity index (χ0n) is 12.5. The SMILES string of the molecule is CCC(=NOC)C1=C(c2ccc(I)cc2)CC2CC[C@H]1N2. The Labute approximate surface area is 140 Å². The predicted molar refractivity (Wildman–Crippen MR) is 95.4 cm³/mol. The summed E-state index contributed by atoms with van der Waals surface area (Å²) in [5, 5.41) is 8.02. The molecule has 0 aromatic heterocycles.